The van der Waals surface area contributed by atoms with E-state index in [1.54, 1.807) is 24.1 Å². The molecule has 2 aromatic carbocycles. The van der Waals surface area contributed by atoms with E-state index in [4.69, 9.17) is 21.3 Å². The number of ether oxygens (including phenoxy) is 1. The number of carbonyl (C=O) groups is 1. The zero-order valence-corrected chi connectivity index (χ0v) is 15.5. The fourth-order valence-electron chi connectivity index (χ4n) is 3.68. The average molecular weight is 370 g/mol. The summed E-state index contributed by atoms with van der Waals surface area (Å²) < 4.78 is 7.48. The van der Waals surface area contributed by atoms with Gasteiger partial charge in [0, 0.05) is 31.5 Å². The maximum absolute atomic E-state index is 12.7. The molecule has 4 rings (SSSR count). The second-order valence-electron chi connectivity index (χ2n) is 6.43. The lowest BCUT2D eigenvalue weighted by atomic mass is 10.1. The van der Waals surface area contributed by atoms with E-state index in [0.717, 1.165) is 23.4 Å². The van der Waals surface area contributed by atoms with Gasteiger partial charge >= 0.3 is 0 Å². The third-order valence-corrected chi connectivity index (χ3v) is 5.25. The number of fused-ring (bicyclic) bond motifs is 1. The summed E-state index contributed by atoms with van der Waals surface area (Å²) in [5, 5.41) is 0.545. The Morgan fingerprint density at radius 3 is 2.85 bits per heavy atom. The molecular weight excluding hydrogens is 350 g/mol. The molecule has 5 nitrogen and oxygen atoms in total. The fourth-order valence-corrected chi connectivity index (χ4v) is 3.90. The van der Waals surface area contributed by atoms with Gasteiger partial charge in [-0.2, -0.15) is 0 Å². The summed E-state index contributed by atoms with van der Waals surface area (Å²) in [7, 11) is 1.60. The number of aryl methyl sites for hydroxylation is 1. The number of carbonyl (C=O) groups excluding carboxylic acids is 1. The summed E-state index contributed by atoms with van der Waals surface area (Å²) >= 11 is 6.34. The molecule has 134 valence electrons. The van der Waals surface area contributed by atoms with E-state index >= 15 is 0 Å². The van der Waals surface area contributed by atoms with Crippen LogP contribution in [0.1, 0.15) is 25.1 Å². The van der Waals surface area contributed by atoms with Crippen molar-refractivity contribution in [2.45, 2.75) is 25.8 Å². The van der Waals surface area contributed by atoms with Crippen molar-refractivity contribution in [3.8, 4) is 5.75 Å². The molecule has 3 aromatic rings. The lowest BCUT2D eigenvalue weighted by molar-refractivity contribution is -0.117. The molecule has 2 heterocycles. The van der Waals surface area contributed by atoms with Gasteiger partial charge in [-0.1, -0.05) is 23.7 Å². The normalized spacial score (nSPS) is 17.3. The number of imidazole rings is 1. The van der Waals surface area contributed by atoms with Crippen molar-refractivity contribution >= 4 is 34.2 Å². The van der Waals surface area contributed by atoms with E-state index < -0.39 is 0 Å². The number of benzene rings is 2. The van der Waals surface area contributed by atoms with Crippen LogP contribution in [-0.2, 0) is 11.3 Å². The van der Waals surface area contributed by atoms with Crippen LogP contribution in [0, 0.1) is 0 Å². The van der Waals surface area contributed by atoms with E-state index in [9.17, 15) is 4.79 Å². The van der Waals surface area contributed by atoms with Crippen molar-refractivity contribution < 1.29 is 9.53 Å². The second-order valence-corrected chi connectivity index (χ2v) is 6.83. The molecule has 0 bridgehead atoms. The lowest BCUT2D eigenvalue weighted by Gasteiger charge is -2.19. The van der Waals surface area contributed by atoms with Crippen molar-refractivity contribution in [2.24, 2.45) is 0 Å². The number of methoxy groups -OCH3 is 1. The molecule has 0 aliphatic carbocycles. The lowest BCUT2D eigenvalue weighted by Crippen LogP contribution is -2.25. The molecule has 1 aromatic heterocycles. The molecule has 6 heteroatoms. The Morgan fingerprint density at radius 2 is 2.08 bits per heavy atom. The summed E-state index contributed by atoms with van der Waals surface area (Å²) in [6.07, 6.45) is 0.427. The van der Waals surface area contributed by atoms with Crippen LogP contribution < -0.4 is 9.64 Å². The highest BCUT2D eigenvalue weighted by Gasteiger charge is 2.35. The number of aromatic nitrogens is 2. The van der Waals surface area contributed by atoms with Gasteiger partial charge in [-0.15, -0.1) is 0 Å². The van der Waals surface area contributed by atoms with Gasteiger partial charge < -0.3 is 14.2 Å². The van der Waals surface area contributed by atoms with Gasteiger partial charge in [0.15, 0.2) is 0 Å². The number of hydrogen-bond acceptors (Lipinski definition) is 3. The summed E-state index contributed by atoms with van der Waals surface area (Å²) in [6, 6.07) is 13.5. The molecule has 0 radical (unpaired) electrons. The Bertz CT molecular complexity index is 982. The number of anilines is 1. The molecule has 1 atom stereocenters. The van der Waals surface area contributed by atoms with Gasteiger partial charge in [0.05, 0.1) is 28.9 Å². The van der Waals surface area contributed by atoms with Crippen LogP contribution >= 0.6 is 11.6 Å². The molecule has 1 saturated heterocycles. The van der Waals surface area contributed by atoms with Crippen LogP contribution in [0.3, 0.4) is 0 Å². The summed E-state index contributed by atoms with van der Waals surface area (Å²) in [6.45, 7) is 3.49. The average Bonchev–Trinajstić information content (AvgIpc) is 3.22. The summed E-state index contributed by atoms with van der Waals surface area (Å²) in [5.41, 5.74) is 2.77. The zero-order chi connectivity index (χ0) is 18.3. The predicted octanol–water partition coefficient (Wildman–Crippen LogP) is 4.24. The topological polar surface area (TPSA) is 47.4 Å². The van der Waals surface area contributed by atoms with Crippen LogP contribution in [0.15, 0.2) is 42.5 Å². The molecule has 0 saturated carbocycles. The minimum absolute atomic E-state index is 0.0390. The van der Waals surface area contributed by atoms with Crippen LogP contribution in [0.5, 0.6) is 5.75 Å². The Hall–Kier alpha value is -2.53. The van der Waals surface area contributed by atoms with Gasteiger partial charge in [-0.3, -0.25) is 4.79 Å². The van der Waals surface area contributed by atoms with E-state index in [0.29, 0.717) is 29.4 Å². The molecule has 1 aliphatic rings. The van der Waals surface area contributed by atoms with Gasteiger partial charge in [-0.05, 0) is 31.2 Å². The number of halogens is 1. The number of rotatable bonds is 4. The first kappa shape index (κ1) is 16.9. The van der Waals surface area contributed by atoms with E-state index in [-0.39, 0.29) is 11.8 Å². The summed E-state index contributed by atoms with van der Waals surface area (Å²) in [4.78, 5) is 19.3. The molecular formula is C20H20ClN3O2. The zero-order valence-electron chi connectivity index (χ0n) is 14.8. The largest absolute Gasteiger partial charge is 0.497 e. The smallest absolute Gasteiger partial charge is 0.227 e. The molecule has 26 heavy (non-hydrogen) atoms. The first-order chi connectivity index (χ1) is 12.6. The van der Waals surface area contributed by atoms with Gasteiger partial charge in [0.2, 0.25) is 5.91 Å². The maximum atomic E-state index is 12.7. The molecule has 1 aliphatic heterocycles. The molecule has 1 amide bonds. The van der Waals surface area contributed by atoms with Crippen molar-refractivity contribution in [2.75, 3.05) is 18.6 Å². The molecule has 0 spiro atoms. The maximum Gasteiger partial charge on any atom is 0.227 e. The van der Waals surface area contributed by atoms with Crippen LogP contribution in [0.4, 0.5) is 5.69 Å². The number of nitrogens with zero attached hydrogens (tertiary/aromatic N) is 3. The first-order valence-electron chi connectivity index (χ1n) is 8.71. The van der Waals surface area contributed by atoms with Crippen molar-refractivity contribution in [1.29, 1.82) is 0 Å². The Balaban J connectivity index is 1.71. The predicted molar refractivity (Wildman–Crippen MR) is 103 cm³/mol. The third-order valence-electron chi connectivity index (χ3n) is 4.93. The number of para-hydroxylation sites is 2. The Kier molecular flexibility index (Phi) is 4.32. The van der Waals surface area contributed by atoms with E-state index in [1.165, 1.54) is 0 Å². The quantitative estimate of drug-likeness (QED) is 0.691. The molecule has 1 unspecified atom stereocenters. The fraction of sp³-hybridized carbons (Fsp3) is 0.300. The monoisotopic (exact) mass is 369 g/mol. The highest BCUT2D eigenvalue weighted by molar-refractivity contribution is 6.34. The number of amides is 1. The highest BCUT2D eigenvalue weighted by atomic mass is 35.5. The van der Waals surface area contributed by atoms with Crippen molar-refractivity contribution in [3.63, 3.8) is 0 Å². The van der Waals surface area contributed by atoms with Crippen molar-refractivity contribution in [3.05, 3.63) is 53.3 Å². The Morgan fingerprint density at radius 1 is 1.27 bits per heavy atom. The standard InChI is InChI=1S/C20H20ClN3O2/c1-3-23-17-7-5-4-6-16(17)22-20(23)13-10-19(25)24(12-13)18-11-14(26-2)8-9-15(18)21/h4-9,11,13H,3,10,12H2,1-2H3. The van der Waals surface area contributed by atoms with Crippen LogP contribution in [0.25, 0.3) is 11.0 Å². The molecule has 1 fully saturated rings. The van der Waals surface area contributed by atoms with Gasteiger partial charge in [0.25, 0.3) is 0 Å². The minimum Gasteiger partial charge on any atom is -0.497 e. The Labute approximate surface area is 157 Å². The van der Waals surface area contributed by atoms with E-state index in [2.05, 4.69) is 17.6 Å². The highest BCUT2D eigenvalue weighted by Crippen LogP contribution is 2.37. The van der Waals surface area contributed by atoms with Crippen LogP contribution in [0.2, 0.25) is 5.02 Å². The second kappa shape index (κ2) is 6.65. The first-order valence-corrected chi connectivity index (χ1v) is 9.09. The van der Waals surface area contributed by atoms with E-state index in [1.807, 2.05) is 24.3 Å². The molecule has 0 N–H and O–H groups in total. The van der Waals surface area contributed by atoms with Crippen molar-refractivity contribution in [1.82, 2.24) is 9.55 Å². The number of hydrogen-bond donors (Lipinski definition) is 0. The minimum atomic E-state index is 0.0390. The van der Waals surface area contributed by atoms with Crippen LogP contribution in [-0.4, -0.2) is 29.1 Å². The van der Waals surface area contributed by atoms with Gasteiger partial charge in [-0.25, -0.2) is 4.98 Å². The SMILES string of the molecule is CCn1c(C2CC(=O)N(c3cc(OC)ccc3Cl)C2)nc2ccccc21. The third kappa shape index (κ3) is 2.72. The van der Waals surface area contributed by atoms with Gasteiger partial charge in [0.1, 0.15) is 11.6 Å². The summed E-state index contributed by atoms with van der Waals surface area (Å²) in [5.74, 6) is 1.74.